The molecule has 0 radical (unpaired) electrons. The zero-order valence-corrected chi connectivity index (χ0v) is 12.4. The molecule has 3 unspecified atom stereocenters. The number of piperidine rings is 1. The van der Waals surface area contributed by atoms with E-state index in [-0.39, 0.29) is 0 Å². The SMILES string of the molecule is CCC1CCC(N)C(N(C)C2CCN(C)CC2)C1. The maximum absolute atomic E-state index is 6.38. The molecule has 1 aliphatic heterocycles. The maximum atomic E-state index is 6.38. The van der Waals surface area contributed by atoms with Gasteiger partial charge in [0.1, 0.15) is 0 Å². The third kappa shape index (κ3) is 3.25. The first kappa shape index (κ1) is 14.3. The number of likely N-dealkylation sites (tertiary alicyclic amines) is 1. The summed E-state index contributed by atoms with van der Waals surface area (Å²) in [4.78, 5) is 5.07. The van der Waals surface area contributed by atoms with Crippen LogP contribution in [-0.2, 0) is 0 Å². The Hall–Kier alpha value is -0.120. The van der Waals surface area contributed by atoms with Gasteiger partial charge < -0.3 is 10.6 Å². The first-order valence-electron chi connectivity index (χ1n) is 7.77. The number of rotatable bonds is 3. The minimum Gasteiger partial charge on any atom is -0.326 e. The molecule has 0 bridgehead atoms. The van der Waals surface area contributed by atoms with Crippen LogP contribution in [0.1, 0.15) is 45.4 Å². The zero-order chi connectivity index (χ0) is 13.1. The smallest absolute Gasteiger partial charge is 0.0249 e. The van der Waals surface area contributed by atoms with Crippen LogP contribution in [0.5, 0.6) is 0 Å². The third-order valence-corrected chi connectivity index (χ3v) is 5.34. The van der Waals surface area contributed by atoms with Crippen molar-refractivity contribution in [1.82, 2.24) is 9.80 Å². The van der Waals surface area contributed by atoms with E-state index < -0.39 is 0 Å². The number of nitrogens with zero attached hydrogens (tertiary/aromatic N) is 2. The summed E-state index contributed by atoms with van der Waals surface area (Å²) >= 11 is 0. The summed E-state index contributed by atoms with van der Waals surface area (Å²) < 4.78 is 0. The molecule has 2 rings (SSSR count). The number of hydrogen-bond donors (Lipinski definition) is 1. The lowest BCUT2D eigenvalue weighted by Crippen LogP contribution is -2.55. The van der Waals surface area contributed by atoms with Gasteiger partial charge in [-0.2, -0.15) is 0 Å². The number of likely N-dealkylation sites (N-methyl/N-ethyl adjacent to an activating group) is 1. The molecule has 0 amide bonds. The predicted octanol–water partition coefficient (Wildman–Crippen LogP) is 1.92. The van der Waals surface area contributed by atoms with Crippen molar-refractivity contribution in [3.8, 4) is 0 Å². The highest BCUT2D eigenvalue weighted by atomic mass is 15.2. The molecule has 3 nitrogen and oxygen atoms in total. The largest absolute Gasteiger partial charge is 0.326 e. The van der Waals surface area contributed by atoms with Gasteiger partial charge >= 0.3 is 0 Å². The van der Waals surface area contributed by atoms with Crippen molar-refractivity contribution in [2.24, 2.45) is 11.7 Å². The lowest BCUT2D eigenvalue weighted by atomic mass is 9.80. The molecule has 106 valence electrons. The van der Waals surface area contributed by atoms with Crippen LogP contribution in [0.3, 0.4) is 0 Å². The molecule has 0 aromatic carbocycles. The number of hydrogen-bond acceptors (Lipinski definition) is 3. The first-order valence-corrected chi connectivity index (χ1v) is 7.77. The van der Waals surface area contributed by atoms with Crippen LogP contribution in [0.2, 0.25) is 0 Å². The molecule has 1 aliphatic carbocycles. The summed E-state index contributed by atoms with van der Waals surface area (Å²) in [6.07, 6.45) is 7.83. The zero-order valence-electron chi connectivity index (χ0n) is 12.4. The van der Waals surface area contributed by atoms with Crippen molar-refractivity contribution in [1.29, 1.82) is 0 Å². The molecule has 3 atom stereocenters. The topological polar surface area (TPSA) is 32.5 Å². The summed E-state index contributed by atoms with van der Waals surface area (Å²) in [5, 5.41) is 0. The van der Waals surface area contributed by atoms with E-state index in [1.54, 1.807) is 0 Å². The standard InChI is InChI=1S/C15H31N3/c1-4-12-5-6-14(16)15(11-12)18(3)13-7-9-17(2)10-8-13/h12-15H,4-11,16H2,1-3H3. The van der Waals surface area contributed by atoms with E-state index >= 15 is 0 Å². The Balaban J connectivity index is 1.91. The molecule has 1 saturated heterocycles. The van der Waals surface area contributed by atoms with E-state index in [0.717, 1.165) is 12.0 Å². The van der Waals surface area contributed by atoms with E-state index in [1.807, 2.05) is 0 Å². The molecule has 3 heteroatoms. The maximum Gasteiger partial charge on any atom is 0.0249 e. The van der Waals surface area contributed by atoms with Crippen LogP contribution in [-0.4, -0.2) is 55.1 Å². The number of nitrogens with two attached hydrogens (primary N) is 1. The molecular weight excluding hydrogens is 222 g/mol. The van der Waals surface area contributed by atoms with Gasteiger partial charge in [0.05, 0.1) is 0 Å². The Kier molecular flexibility index (Phi) is 5.05. The Bertz CT molecular complexity index is 248. The lowest BCUT2D eigenvalue weighted by Gasteiger charge is -2.45. The molecule has 1 heterocycles. The molecule has 0 spiro atoms. The fraction of sp³-hybridized carbons (Fsp3) is 1.00. The molecule has 2 aliphatic rings. The summed E-state index contributed by atoms with van der Waals surface area (Å²) in [6, 6.07) is 1.78. The Morgan fingerprint density at radius 2 is 1.83 bits per heavy atom. The third-order valence-electron chi connectivity index (χ3n) is 5.34. The highest BCUT2D eigenvalue weighted by molar-refractivity contribution is 4.91. The van der Waals surface area contributed by atoms with Crippen LogP contribution in [0.25, 0.3) is 0 Å². The van der Waals surface area contributed by atoms with Crippen molar-refractivity contribution >= 4 is 0 Å². The van der Waals surface area contributed by atoms with Gasteiger partial charge in [-0.05, 0) is 65.2 Å². The minimum atomic E-state index is 0.400. The summed E-state index contributed by atoms with van der Waals surface area (Å²) in [5.74, 6) is 0.906. The van der Waals surface area contributed by atoms with Crippen molar-refractivity contribution in [2.75, 3.05) is 27.2 Å². The van der Waals surface area contributed by atoms with E-state index in [0.29, 0.717) is 12.1 Å². The van der Waals surface area contributed by atoms with Crippen molar-refractivity contribution in [2.45, 2.75) is 63.6 Å². The molecule has 2 N–H and O–H groups in total. The summed E-state index contributed by atoms with van der Waals surface area (Å²) in [6.45, 7) is 4.82. The quantitative estimate of drug-likeness (QED) is 0.834. The van der Waals surface area contributed by atoms with Gasteiger partial charge in [0, 0.05) is 18.1 Å². The van der Waals surface area contributed by atoms with E-state index in [1.165, 1.54) is 51.6 Å². The van der Waals surface area contributed by atoms with Crippen molar-refractivity contribution in [3.63, 3.8) is 0 Å². The van der Waals surface area contributed by atoms with E-state index in [4.69, 9.17) is 5.73 Å². The molecule has 0 aromatic heterocycles. The molecular formula is C15H31N3. The van der Waals surface area contributed by atoms with E-state index in [2.05, 4.69) is 30.8 Å². The second-order valence-corrected chi connectivity index (χ2v) is 6.52. The van der Waals surface area contributed by atoms with Gasteiger partial charge in [-0.1, -0.05) is 13.3 Å². The average molecular weight is 253 g/mol. The second kappa shape index (κ2) is 6.36. The lowest BCUT2D eigenvalue weighted by molar-refractivity contribution is 0.0631. The van der Waals surface area contributed by atoms with Gasteiger partial charge in [-0.25, -0.2) is 0 Å². The normalized spacial score (nSPS) is 36.2. The van der Waals surface area contributed by atoms with Gasteiger partial charge in [0.15, 0.2) is 0 Å². The van der Waals surface area contributed by atoms with Gasteiger partial charge in [-0.3, -0.25) is 4.90 Å². The highest BCUT2D eigenvalue weighted by Gasteiger charge is 2.33. The van der Waals surface area contributed by atoms with Crippen molar-refractivity contribution in [3.05, 3.63) is 0 Å². The highest BCUT2D eigenvalue weighted by Crippen LogP contribution is 2.31. The Morgan fingerprint density at radius 1 is 1.17 bits per heavy atom. The van der Waals surface area contributed by atoms with Gasteiger partial charge in [0.2, 0.25) is 0 Å². The summed E-state index contributed by atoms with van der Waals surface area (Å²) in [5.41, 5.74) is 6.38. The monoisotopic (exact) mass is 253 g/mol. The summed E-state index contributed by atoms with van der Waals surface area (Å²) in [7, 11) is 4.55. The van der Waals surface area contributed by atoms with Crippen LogP contribution in [0.15, 0.2) is 0 Å². The first-order chi connectivity index (χ1) is 8.61. The fourth-order valence-corrected chi connectivity index (χ4v) is 3.77. The van der Waals surface area contributed by atoms with Gasteiger partial charge in [0.25, 0.3) is 0 Å². The molecule has 2 fully saturated rings. The molecule has 18 heavy (non-hydrogen) atoms. The average Bonchev–Trinajstić information content (AvgIpc) is 2.39. The van der Waals surface area contributed by atoms with Crippen LogP contribution >= 0.6 is 0 Å². The minimum absolute atomic E-state index is 0.400. The predicted molar refractivity (Wildman–Crippen MR) is 77.7 cm³/mol. The molecule has 1 saturated carbocycles. The second-order valence-electron chi connectivity index (χ2n) is 6.52. The molecule has 0 aromatic rings. The van der Waals surface area contributed by atoms with Crippen LogP contribution in [0, 0.1) is 5.92 Å². The van der Waals surface area contributed by atoms with Crippen LogP contribution in [0.4, 0.5) is 0 Å². The fourth-order valence-electron chi connectivity index (χ4n) is 3.77. The Morgan fingerprint density at radius 3 is 2.44 bits per heavy atom. The van der Waals surface area contributed by atoms with Gasteiger partial charge in [-0.15, -0.1) is 0 Å². The Labute approximate surface area is 113 Å². The van der Waals surface area contributed by atoms with Crippen LogP contribution < -0.4 is 5.73 Å². The van der Waals surface area contributed by atoms with Crippen molar-refractivity contribution < 1.29 is 0 Å². The van der Waals surface area contributed by atoms with E-state index in [9.17, 15) is 0 Å².